The minimum Gasteiger partial charge on any atom is -0.464 e. The summed E-state index contributed by atoms with van der Waals surface area (Å²) in [4.78, 5) is 45.5. The molecule has 0 aliphatic rings. The molecule has 0 aromatic heterocycles. The molecule has 11 nitrogen and oxygen atoms in total. The van der Waals surface area contributed by atoms with Gasteiger partial charge in [0.05, 0.1) is 19.3 Å². The smallest absolute Gasteiger partial charge is 0.328 e. The van der Waals surface area contributed by atoms with E-state index >= 15 is 0 Å². The van der Waals surface area contributed by atoms with Crippen molar-refractivity contribution < 1.29 is 43.2 Å². The summed E-state index contributed by atoms with van der Waals surface area (Å²) in [6.45, 7) is 3.59. The lowest BCUT2D eigenvalue weighted by molar-refractivity contribution is -0.194. The summed E-state index contributed by atoms with van der Waals surface area (Å²) >= 11 is 0. The number of methoxy groups -OCH3 is 1. The largest absolute Gasteiger partial charge is 0.464 e. The predicted octanol–water partition coefficient (Wildman–Crippen LogP) is -0.356. The van der Waals surface area contributed by atoms with Crippen LogP contribution < -0.4 is 10.6 Å². The maximum atomic E-state index is 11.9. The molecule has 0 bridgehead atoms. The number of aliphatic hydroxyl groups excluding tert-OH is 1. The van der Waals surface area contributed by atoms with E-state index in [4.69, 9.17) is 24.1 Å². The Morgan fingerprint density at radius 3 is 2.47 bits per heavy atom. The van der Waals surface area contributed by atoms with Crippen LogP contribution in [0, 0.1) is 0 Å². The van der Waals surface area contributed by atoms with E-state index in [1.54, 1.807) is 0 Å². The Bertz CT molecular complexity index is 512. The van der Waals surface area contributed by atoms with Crippen LogP contribution in [0.4, 0.5) is 0 Å². The second-order valence-corrected chi connectivity index (χ2v) is 6.43. The Labute approximate surface area is 176 Å². The van der Waals surface area contributed by atoms with Crippen molar-refractivity contribution in [3.05, 3.63) is 0 Å². The van der Waals surface area contributed by atoms with Crippen LogP contribution >= 0.6 is 0 Å². The molecule has 0 aromatic rings. The maximum absolute atomic E-state index is 11.9. The first kappa shape index (κ1) is 27.8. The summed E-state index contributed by atoms with van der Waals surface area (Å²) in [7, 11) is 1.40. The van der Waals surface area contributed by atoms with E-state index in [9.17, 15) is 19.2 Å². The second-order valence-electron chi connectivity index (χ2n) is 6.43. The van der Waals surface area contributed by atoms with Gasteiger partial charge in [-0.25, -0.2) is 4.79 Å². The standard InChI is InChI=1S/C19H34N2O9/c1-4-15(11-22)30-18(27-3)12-29-17(25)8-5-7-16(24)21-14(2)19(26)28-10-6-9-20-13-23/h13-15,18,22H,4-12H2,1-3H3,(H,20,23)(H,21,24)/t14-,15?,18?/m1/s1. The molecule has 0 rings (SSSR count). The third-order valence-corrected chi connectivity index (χ3v) is 3.96. The summed E-state index contributed by atoms with van der Waals surface area (Å²) in [5.41, 5.74) is 0. The average molecular weight is 434 g/mol. The molecule has 0 aliphatic heterocycles. The maximum Gasteiger partial charge on any atom is 0.328 e. The minimum absolute atomic E-state index is 0.0175. The van der Waals surface area contributed by atoms with Crippen LogP contribution in [0.25, 0.3) is 0 Å². The number of nitrogens with one attached hydrogen (secondary N) is 2. The Kier molecular flexibility index (Phi) is 16.3. The molecule has 0 heterocycles. The number of aliphatic hydroxyl groups is 1. The predicted molar refractivity (Wildman–Crippen MR) is 105 cm³/mol. The number of amides is 2. The molecule has 30 heavy (non-hydrogen) atoms. The van der Waals surface area contributed by atoms with Crippen LogP contribution in [0.2, 0.25) is 0 Å². The normalized spacial score (nSPS) is 13.6. The molecule has 3 N–H and O–H groups in total. The van der Waals surface area contributed by atoms with Gasteiger partial charge >= 0.3 is 11.9 Å². The molecule has 174 valence electrons. The number of hydrogen-bond acceptors (Lipinski definition) is 9. The fourth-order valence-electron chi connectivity index (χ4n) is 2.18. The second kappa shape index (κ2) is 17.6. The van der Waals surface area contributed by atoms with Crippen LogP contribution in [0.1, 0.15) is 46.0 Å². The van der Waals surface area contributed by atoms with E-state index in [1.807, 2.05) is 6.92 Å². The molecule has 0 saturated carbocycles. The van der Waals surface area contributed by atoms with Gasteiger partial charge in [0.15, 0.2) is 6.29 Å². The molecular formula is C19H34N2O9. The van der Waals surface area contributed by atoms with Crippen LogP contribution in [-0.4, -0.2) is 81.3 Å². The van der Waals surface area contributed by atoms with Crippen molar-refractivity contribution in [3.63, 3.8) is 0 Å². The fourth-order valence-corrected chi connectivity index (χ4v) is 2.18. The van der Waals surface area contributed by atoms with E-state index in [0.29, 0.717) is 25.8 Å². The Morgan fingerprint density at radius 2 is 1.87 bits per heavy atom. The van der Waals surface area contributed by atoms with E-state index < -0.39 is 30.4 Å². The Morgan fingerprint density at radius 1 is 1.13 bits per heavy atom. The molecule has 0 radical (unpaired) electrons. The summed E-state index contributed by atoms with van der Waals surface area (Å²) < 4.78 is 20.5. The highest BCUT2D eigenvalue weighted by atomic mass is 16.7. The van der Waals surface area contributed by atoms with E-state index in [1.165, 1.54) is 14.0 Å². The van der Waals surface area contributed by atoms with Crippen LogP contribution in [-0.2, 0) is 38.1 Å². The third kappa shape index (κ3) is 13.9. The number of rotatable bonds is 18. The van der Waals surface area contributed by atoms with Crippen LogP contribution in [0.5, 0.6) is 0 Å². The van der Waals surface area contributed by atoms with E-state index in [-0.39, 0.29) is 45.0 Å². The van der Waals surface area contributed by atoms with Gasteiger partial charge in [-0.2, -0.15) is 0 Å². The SMILES string of the molecule is CCC(CO)OC(COC(=O)CCCC(=O)N[C@H](C)C(=O)OCCCNC=O)OC. The number of hydrogen-bond donors (Lipinski definition) is 3. The number of esters is 2. The van der Waals surface area contributed by atoms with Gasteiger partial charge in [0.25, 0.3) is 0 Å². The lowest BCUT2D eigenvalue weighted by Gasteiger charge is -2.21. The van der Waals surface area contributed by atoms with Crippen molar-refractivity contribution in [2.75, 3.05) is 33.5 Å². The quantitative estimate of drug-likeness (QED) is 0.114. The van der Waals surface area contributed by atoms with Crippen LogP contribution in [0.3, 0.4) is 0 Å². The third-order valence-electron chi connectivity index (χ3n) is 3.96. The number of carbonyl (C=O) groups excluding carboxylic acids is 4. The monoisotopic (exact) mass is 434 g/mol. The van der Waals surface area contributed by atoms with E-state index in [2.05, 4.69) is 10.6 Å². The zero-order chi connectivity index (χ0) is 22.8. The first-order chi connectivity index (χ1) is 14.4. The molecule has 3 atom stereocenters. The minimum atomic E-state index is -0.818. The van der Waals surface area contributed by atoms with Gasteiger partial charge in [-0.05, 0) is 26.2 Å². The van der Waals surface area contributed by atoms with Gasteiger partial charge in [-0.1, -0.05) is 6.92 Å². The molecule has 0 fully saturated rings. The van der Waals surface area contributed by atoms with Gasteiger partial charge in [0.1, 0.15) is 12.6 Å². The number of carbonyl (C=O) groups is 4. The highest BCUT2D eigenvalue weighted by molar-refractivity contribution is 5.84. The molecule has 2 amide bonds. The molecular weight excluding hydrogens is 400 g/mol. The highest BCUT2D eigenvalue weighted by Crippen LogP contribution is 2.06. The lowest BCUT2D eigenvalue weighted by atomic mass is 10.2. The molecule has 0 spiro atoms. The first-order valence-electron chi connectivity index (χ1n) is 9.95. The summed E-state index contributed by atoms with van der Waals surface area (Å²) in [6, 6.07) is -0.818. The molecule has 2 unspecified atom stereocenters. The van der Waals surface area contributed by atoms with Gasteiger partial charge in [-0.15, -0.1) is 0 Å². The van der Waals surface area contributed by atoms with Gasteiger partial charge in [0, 0.05) is 26.5 Å². The zero-order valence-corrected chi connectivity index (χ0v) is 17.9. The van der Waals surface area contributed by atoms with Crippen LogP contribution in [0.15, 0.2) is 0 Å². The highest BCUT2D eigenvalue weighted by Gasteiger charge is 2.18. The average Bonchev–Trinajstić information content (AvgIpc) is 2.73. The molecule has 0 saturated heterocycles. The van der Waals surface area contributed by atoms with Crippen molar-refractivity contribution in [2.24, 2.45) is 0 Å². The van der Waals surface area contributed by atoms with Crippen molar-refractivity contribution >= 4 is 24.3 Å². The van der Waals surface area contributed by atoms with Crippen molar-refractivity contribution in [1.82, 2.24) is 10.6 Å². The topological polar surface area (TPSA) is 149 Å². The Hall–Kier alpha value is -2.24. The van der Waals surface area contributed by atoms with Crippen molar-refractivity contribution in [1.29, 1.82) is 0 Å². The molecule has 0 aromatic carbocycles. The summed E-state index contributed by atoms with van der Waals surface area (Å²) in [5.74, 6) is -1.48. The number of ether oxygens (including phenoxy) is 4. The fraction of sp³-hybridized carbons (Fsp3) is 0.789. The molecule has 0 aliphatic carbocycles. The van der Waals surface area contributed by atoms with Gasteiger partial charge < -0.3 is 34.7 Å². The van der Waals surface area contributed by atoms with Gasteiger partial charge in [0.2, 0.25) is 12.3 Å². The van der Waals surface area contributed by atoms with Crippen molar-refractivity contribution in [2.45, 2.75) is 64.4 Å². The van der Waals surface area contributed by atoms with Gasteiger partial charge in [-0.3, -0.25) is 14.4 Å². The first-order valence-corrected chi connectivity index (χ1v) is 9.95. The van der Waals surface area contributed by atoms with Crippen molar-refractivity contribution in [3.8, 4) is 0 Å². The Balaban J connectivity index is 3.98. The zero-order valence-electron chi connectivity index (χ0n) is 17.9. The van der Waals surface area contributed by atoms with E-state index in [0.717, 1.165) is 0 Å². The molecule has 11 heteroatoms. The lowest BCUT2D eigenvalue weighted by Crippen LogP contribution is -2.39. The summed E-state index contributed by atoms with van der Waals surface area (Å²) in [6.07, 6.45) is 0.741. The summed E-state index contributed by atoms with van der Waals surface area (Å²) in [5, 5.41) is 14.1.